The highest BCUT2D eigenvalue weighted by Crippen LogP contribution is 2.30. The Labute approximate surface area is 102 Å². The zero-order valence-electron chi connectivity index (χ0n) is 9.64. The SMILES string of the molecule is C=C(Cl)/C(=C(\C(Cl)=N/N)C(C)C)C(C)C. The van der Waals surface area contributed by atoms with E-state index in [-0.39, 0.29) is 11.8 Å². The van der Waals surface area contributed by atoms with E-state index in [0.717, 1.165) is 11.1 Å². The lowest BCUT2D eigenvalue weighted by atomic mass is 9.91. The van der Waals surface area contributed by atoms with Gasteiger partial charge in [0, 0.05) is 5.03 Å². The molecule has 0 aromatic carbocycles. The van der Waals surface area contributed by atoms with E-state index in [9.17, 15) is 0 Å². The molecule has 0 bridgehead atoms. The molecule has 0 amide bonds. The van der Waals surface area contributed by atoms with Gasteiger partial charge in [-0.2, -0.15) is 5.10 Å². The first-order chi connectivity index (χ1) is 6.82. The second kappa shape index (κ2) is 6.19. The maximum Gasteiger partial charge on any atom is 0.152 e. The molecule has 2 nitrogen and oxygen atoms in total. The smallest absolute Gasteiger partial charge is 0.152 e. The number of nitrogens with zero attached hydrogens (tertiary/aromatic N) is 1. The molecule has 0 spiro atoms. The summed E-state index contributed by atoms with van der Waals surface area (Å²) in [7, 11) is 0. The minimum absolute atomic E-state index is 0.206. The van der Waals surface area contributed by atoms with E-state index >= 15 is 0 Å². The Kier molecular flexibility index (Phi) is 5.99. The number of rotatable bonds is 4. The van der Waals surface area contributed by atoms with Crippen LogP contribution in [0, 0.1) is 11.8 Å². The molecule has 2 N–H and O–H groups in total. The van der Waals surface area contributed by atoms with Gasteiger partial charge in [-0.25, -0.2) is 0 Å². The van der Waals surface area contributed by atoms with Crippen LogP contribution in [0.3, 0.4) is 0 Å². The number of allylic oxidation sites excluding steroid dienone is 3. The van der Waals surface area contributed by atoms with Crippen LogP contribution in [-0.4, -0.2) is 5.17 Å². The van der Waals surface area contributed by atoms with E-state index in [1.165, 1.54) is 0 Å². The first kappa shape index (κ1) is 14.5. The second-order valence-corrected chi connectivity index (χ2v) is 4.78. The predicted molar refractivity (Wildman–Crippen MR) is 69.2 cm³/mol. The molecule has 0 atom stereocenters. The molecule has 0 heterocycles. The van der Waals surface area contributed by atoms with Gasteiger partial charge in [0.2, 0.25) is 0 Å². The van der Waals surface area contributed by atoms with Crippen LogP contribution in [0.5, 0.6) is 0 Å². The molecule has 0 unspecified atom stereocenters. The largest absolute Gasteiger partial charge is 0.322 e. The molecule has 0 fully saturated rings. The van der Waals surface area contributed by atoms with Gasteiger partial charge in [-0.3, -0.25) is 0 Å². The summed E-state index contributed by atoms with van der Waals surface area (Å²) in [6, 6.07) is 0. The van der Waals surface area contributed by atoms with Gasteiger partial charge < -0.3 is 5.84 Å². The third-order valence-corrected chi connectivity index (χ3v) is 2.58. The molecule has 0 aromatic rings. The van der Waals surface area contributed by atoms with E-state index in [1.807, 2.05) is 27.7 Å². The van der Waals surface area contributed by atoms with E-state index < -0.39 is 0 Å². The number of halogens is 2. The summed E-state index contributed by atoms with van der Waals surface area (Å²) in [5.74, 6) is 5.64. The number of hydrogen-bond donors (Lipinski definition) is 1. The van der Waals surface area contributed by atoms with Crippen molar-refractivity contribution in [2.24, 2.45) is 22.8 Å². The Hall–Kier alpha value is -0.470. The highest BCUT2D eigenvalue weighted by Gasteiger charge is 2.19. The first-order valence-corrected chi connectivity index (χ1v) is 5.61. The fourth-order valence-electron chi connectivity index (χ4n) is 1.50. The Morgan fingerprint density at radius 1 is 1.07 bits per heavy atom. The summed E-state index contributed by atoms with van der Waals surface area (Å²) >= 11 is 11.9. The summed E-state index contributed by atoms with van der Waals surface area (Å²) in [6.07, 6.45) is 0. The van der Waals surface area contributed by atoms with Crippen LogP contribution in [-0.2, 0) is 0 Å². The third kappa shape index (κ3) is 3.88. The van der Waals surface area contributed by atoms with Crippen molar-refractivity contribution >= 4 is 28.4 Å². The van der Waals surface area contributed by atoms with Crippen molar-refractivity contribution in [3.05, 3.63) is 22.8 Å². The van der Waals surface area contributed by atoms with Crippen LogP contribution < -0.4 is 5.84 Å². The number of hydrogen-bond acceptors (Lipinski definition) is 2. The van der Waals surface area contributed by atoms with Crippen LogP contribution in [0.1, 0.15) is 27.7 Å². The zero-order valence-corrected chi connectivity index (χ0v) is 11.2. The van der Waals surface area contributed by atoms with Gasteiger partial charge in [0.15, 0.2) is 5.17 Å². The molecule has 4 heteroatoms. The molecule has 0 aliphatic rings. The van der Waals surface area contributed by atoms with E-state index in [2.05, 4.69) is 11.7 Å². The summed E-state index contributed by atoms with van der Waals surface area (Å²) in [5, 5.41) is 4.32. The van der Waals surface area contributed by atoms with Crippen molar-refractivity contribution in [3.63, 3.8) is 0 Å². The number of nitrogens with two attached hydrogens (primary N) is 1. The second-order valence-electron chi connectivity index (χ2n) is 3.96. The number of hydrazone groups is 1. The van der Waals surface area contributed by atoms with Crippen LogP contribution >= 0.6 is 23.2 Å². The molecular weight excluding hydrogens is 231 g/mol. The van der Waals surface area contributed by atoms with E-state index in [1.54, 1.807) is 0 Å². The molecule has 0 saturated heterocycles. The van der Waals surface area contributed by atoms with Gasteiger partial charge in [0.1, 0.15) is 0 Å². The molecule has 0 aliphatic carbocycles. The first-order valence-electron chi connectivity index (χ1n) is 4.85. The summed E-state index contributed by atoms with van der Waals surface area (Å²) < 4.78 is 0. The highest BCUT2D eigenvalue weighted by molar-refractivity contribution is 6.69. The monoisotopic (exact) mass is 248 g/mol. The minimum Gasteiger partial charge on any atom is -0.322 e. The third-order valence-electron chi connectivity index (χ3n) is 2.07. The standard InChI is InChI=1S/C11H18Cl2N2/c1-6(2)9(8(5)12)10(7(3)4)11(13)15-14/h6-7H,5,14H2,1-4H3/b10-9-,15-11+. The lowest BCUT2D eigenvalue weighted by Crippen LogP contribution is -2.12. The Morgan fingerprint density at radius 3 is 1.67 bits per heavy atom. The van der Waals surface area contributed by atoms with Crippen molar-refractivity contribution in [3.8, 4) is 0 Å². The van der Waals surface area contributed by atoms with Crippen molar-refractivity contribution in [1.29, 1.82) is 0 Å². The van der Waals surface area contributed by atoms with Gasteiger partial charge in [-0.05, 0) is 23.0 Å². The van der Waals surface area contributed by atoms with Crippen molar-refractivity contribution in [1.82, 2.24) is 0 Å². The van der Waals surface area contributed by atoms with Gasteiger partial charge in [-0.15, -0.1) is 0 Å². The average Bonchev–Trinajstić information content (AvgIpc) is 2.10. The van der Waals surface area contributed by atoms with Crippen molar-refractivity contribution in [2.45, 2.75) is 27.7 Å². The van der Waals surface area contributed by atoms with Gasteiger partial charge in [-0.1, -0.05) is 57.5 Å². The lowest BCUT2D eigenvalue weighted by molar-refractivity contribution is 0.729. The van der Waals surface area contributed by atoms with Gasteiger partial charge in [0.05, 0.1) is 0 Å². The molecular formula is C11H18Cl2N2. The Balaban J connectivity index is 5.68. The molecule has 86 valence electrons. The highest BCUT2D eigenvalue weighted by atomic mass is 35.5. The average molecular weight is 249 g/mol. The minimum atomic E-state index is 0.206. The normalized spacial score (nSPS) is 14.5. The lowest BCUT2D eigenvalue weighted by Gasteiger charge is -2.19. The van der Waals surface area contributed by atoms with Crippen LogP contribution in [0.15, 0.2) is 27.9 Å². The quantitative estimate of drug-likeness (QED) is 0.349. The molecule has 0 rings (SSSR count). The van der Waals surface area contributed by atoms with Crippen LogP contribution in [0.4, 0.5) is 0 Å². The molecule has 0 aromatic heterocycles. The van der Waals surface area contributed by atoms with Crippen molar-refractivity contribution < 1.29 is 0 Å². The van der Waals surface area contributed by atoms with Crippen molar-refractivity contribution in [2.75, 3.05) is 0 Å². The Morgan fingerprint density at radius 2 is 1.47 bits per heavy atom. The zero-order chi connectivity index (χ0) is 12.2. The molecule has 0 saturated carbocycles. The summed E-state index contributed by atoms with van der Waals surface area (Å²) in [4.78, 5) is 0. The maximum absolute atomic E-state index is 5.98. The van der Waals surface area contributed by atoms with Crippen LogP contribution in [0.2, 0.25) is 0 Å². The summed E-state index contributed by atoms with van der Waals surface area (Å²) in [6.45, 7) is 11.9. The fraction of sp³-hybridized carbons (Fsp3) is 0.545. The van der Waals surface area contributed by atoms with E-state index in [4.69, 9.17) is 29.0 Å². The fourth-order valence-corrected chi connectivity index (χ4v) is 2.14. The molecule has 15 heavy (non-hydrogen) atoms. The van der Waals surface area contributed by atoms with Crippen LogP contribution in [0.25, 0.3) is 0 Å². The predicted octanol–water partition coefficient (Wildman–Crippen LogP) is 3.86. The topological polar surface area (TPSA) is 38.4 Å². The van der Waals surface area contributed by atoms with Gasteiger partial charge in [0.25, 0.3) is 0 Å². The molecule has 0 aliphatic heterocycles. The van der Waals surface area contributed by atoms with E-state index in [0.29, 0.717) is 10.2 Å². The summed E-state index contributed by atoms with van der Waals surface area (Å²) in [5.41, 5.74) is 1.79. The molecule has 0 radical (unpaired) electrons. The Bertz CT molecular complexity index is 302. The van der Waals surface area contributed by atoms with Gasteiger partial charge >= 0.3 is 0 Å². The maximum atomic E-state index is 5.98.